The Morgan fingerprint density at radius 1 is 1.14 bits per heavy atom. The van der Waals surface area contributed by atoms with Gasteiger partial charge in [-0.15, -0.1) is 0 Å². The Balaban J connectivity index is 3.17. The first-order valence-corrected chi connectivity index (χ1v) is 7.60. The number of likely N-dealkylation sites (N-methyl/N-ethyl adjacent to an activating group) is 1. The van der Waals surface area contributed by atoms with Gasteiger partial charge in [-0.25, -0.2) is 4.39 Å². The molecule has 120 valence electrons. The molecule has 0 saturated heterocycles. The Hall–Kier alpha value is -1.13. The van der Waals surface area contributed by atoms with Gasteiger partial charge in [0.15, 0.2) is 0 Å². The highest BCUT2D eigenvalue weighted by molar-refractivity contribution is 5.57. The summed E-state index contributed by atoms with van der Waals surface area (Å²) in [4.78, 5) is 4.38. The number of aliphatic hydroxyl groups is 1. The van der Waals surface area contributed by atoms with Crippen molar-refractivity contribution >= 4 is 5.69 Å². The summed E-state index contributed by atoms with van der Waals surface area (Å²) in [6.45, 7) is 10.5. The molecule has 0 bridgehead atoms. The first kappa shape index (κ1) is 17.9. The van der Waals surface area contributed by atoms with Gasteiger partial charge in [0.05, 0.1) is 6.10 Å². The Morgan fingerprint density at radius 3 is 2.24 bits per heavy atom. The van der Waals surface area contributed by atoms with Crippen molar-refractivity contribution < 1.29 is 9.50 Å². The van der Waals surface area contributed by atoms with Crippen LogP contribution in [0.4, 0.5) is 10.1 Å². The van der Waals surface area contributed by atoms with Crippen LogP contribution >= 0.6 is 0 Å². The Kier molecular flexibility index (Phi) is 6.62. The van der Waals surface area contributed by atoms with Gasteiger partial charge in [0, 0.05) is 30.9 Å². The summed E-state index contributed by atoms with van der Waals surface area (Å²) in [5, 5.41) is 9.98. The van der Waals surface area contributed by atoms with Gasteiger partial charge in [-0.2, -0.15) is 0 Å². The van der Waals surface area contributed by atoms with E-state index in [0.29, 0.717) is 17.0 Å². The van der Waals surface area contributed by atoms with Gasteiger partial charge in [0.1, 0.15) is 5.82 Å². The Labute approximate surface area is 128 Å². The molecule has 1 rings (SSSR count). The third kappa shape index (κ3) is 5.29. The van der Waals surface area contributed by atoms with Gasteiger partial charge >= 0.3 is 0 Å². The predicted molar refractivity (Wildman–Crippen MR) is 87.4 cm³/mol. The minimum Gasteiger partial charge on any atom is -0.389 e. The third-order valence-electron chi connectivity index (χ3n) is 3.50. The molecular weight excluding hydrogens is 267 g/mol. The van der Waals surface area contributed by atoms with Crippen molar-refractivity contribution in [2.45, 2.75) is 33.8 Å². The third-order valence-corrected chi connectivity index (χ3v) is 3.50. The molecule has 0 unspecified atom stereocenters. The lowest BCUT2D eigenvalue weighted by atomic mass is 10.0. The lowest BCUT2D eigenvalue weighted by Crippen LogP contribution is -2.35. The van der Waals surface area contributed by atoms with E-state index in [1.54, 1.807) is 13.8 Å². The SMILES string of the molecule is Cc1cc(N(CCN(C)C)CC(C)C)c([C@H](C)O)cc1F. The number of aryl methyl sites for hydroxylation is 1. The second kappa shape index (κ2) is 7.76. The molecule has 0 aromatic heterocycles. The molecule has 1 N–H and O–H groups in total. The summed E-state index contributed by atoms with van der Waals surface area (Å²) in [5.41, 5.74) is 2.23. The minimum absolute atomic E-state index is 0.258. The van der Waals surface area contributed by atoms with Gasteiger partial charge in [-0.1, -0.05) is 13.8 Å². The van der Waals surface area contributed by atoms with Gasteiger partial charge in [-0.3, -0.25) is 0 Å². The quantitative estimate of drug-likeness (QED) is 0.837. The van der Waals surface area contributed by atoms with Crippen LogP contribution in [0.2, 0.25) is 0 Å². The zero-order chi connectivity index (χ0) is 16.2. The molecule has 0 spiro atoms. The monoisotopic (exact) mass is 296 g/mol. The van der Waals surface area contributed by atoms with Gasteiger partial charge in [0.2, 0.25) is 0 Å². The largest absolute Gasteiger partial charge is 0.389 e. The molecule has 0 amide bonds. The second-order valence-electron chi connectivity index (χ2n) is 6.48. The van der Waals surface area contributed by atoms with Gasteiger partial charge in [0.25, 0.3) is 0 Å². The van der Waals surface area contributed by atoms with Crippen molar-refractivity contribution in [1.29, 1.82) is 0 Å². The van der Waals surface area contributed by atoms with Crippen LogP contribution in [0.3, 0.4) is 0 Å². The summed E-state index contributed by atoms with van der Waals surface area (Å²) in [7, 11) is 4.08. The van der Waals surface area contributed by atoms with Crippen molar-refractivity contribution in [3.05, 3.63) is 29.1 Å². The molecule has 0 heterocycles. The highest BCUT2D eigenvalue weighted by Crippen LogP contribution is 2.30. The highest BCUT2D eigenvalue weighted by atomic mass is 19.1. The number of hydrogen-bond acceptors (Lipinski definition) is 3. The van der Waals surface area contributed by atoms with Crippen molar-refractivity contribution in [2.24, 2.45) is 5.92 Å². The molecule has 4 heteroatoms. The number of halogens is 1. The van der Waals surface area contributed by atoms with Crippen LogP contribution < -0.4 is 4.90 Å². The van der Waals surface area contributed by atoms with E-state index < -0.39 is 6.10 Å². The van der Waals surface area contributed by atoms with Crippen LogP contribution in [0.1, 0.15) is 38.0 Å². The number of aliphatic hydroxyl groups excluding tert-OH is 1. The van der Waals surface area contributed by atoms with Gasteiger partial charge in [-0.05, 0) is 51.6 Å². The maximum Gasteiger partial charge on any atom is 0.126 e. The second-order valence-corrected chi connectivity index (χ2v) is 6.48. The van der Waals surface area contributed by atoms with Crippen LogP contribution in [0, 0.1) is 18.7 Å². The molecule has 1 aromatic rings. The molecular formula is C17H29FN2O. The summed E-state index contributed by atoms with van der Waals surface area (Å²) < 4.78 is 13.8. The molecule has 3 nitrogen and oxygen atoms in total. The normalized spacial score (nSPS) is 13.0. The van der Waals surface area contributed by atoms with Crippen LogP contribution in [0.25, 0.3) is 0 Å². The first-order valence-electron chi connectivity index (χ1n) is 7.60. The summed E-state index contributed by atoms with van der Waals surface area (Å²) in [6.07, 6.45) is -0.677. The lowest BCUT2D eigenvalue weighted by molar-refractivity contribution is 0.199. The van der Waals surface area contributed by atoms with Crippen molar-refractivity contribution in [1.82, 2.24) is 4.90 Å². The topological polar surface area (TPSA) is 26.7 Å². The number of benzene rings is 1. The molecule has 1 atom stereocenters. The highest BCUT2D eigenvalue weighted by Gasteiger charge is 2.18. The van der Waals surface area contributed by atoms with Crippen LogP contribution in [0.5, 0.6) is 0 Å². The fraction of sp³-hybridized carbons (Fsp3) is 0.647. The summed E-state index contributed by atoms with van der Waals surface area (Å²) in [5.74, 6) is 0.242. The average molecular weight is 296 g/mol. The van der Waals surface area contributed by atoms with E-state index in [9.17, 15) is 9.50 Å². The molecule has 0 aliphatic carbocycles. The zero-order valence-corrected chi connectivity index (χ0v) is 14.2. The van der Waals surface area contributed by atoms with E-state index in [2.05, 4.69) is 23.6 Å². The van der Waals surface area contributed by atoms with Crippen LogP contribution in [-0.2, 0) is 0 Å². The molecule has 0 aliphatic rings. The molecule has 1 aromatic carbocycles. The number of anilines is 1. The Bertz CT molecular complexity index is 458. The molecule has 0 radical (unpaired) electrons. The van der Waals surface area contributed by atoms with E-state index in [4.69, 9.17) is 0 Å². The lowest BCUT2D eigenvalue weighted by Gasteiger charge is -2.31. The summed E-state index contributed by atoms with van der Waals surface area (Å²) >= 11 is 0. The van der Waals surface area contributed by atoms with Gasteiger partial charge < -0.3 is 14.9 Å². The van der Waals surface area contributed by atoms with Crippen molar-refractivity contribution in [3.63, 3.8) is 0 Å². The average Bonchev–Trinajstić information content (AvgIpc) is 2.36. The standard InChI is InChI=1S/C17H29FN2O/c1-12(2)11-20(8-7-19(5)6)17-9-13(3)16(18)10-15(17)14(4)21/h9-10,12,14,21H,7-8,11H2,1-6H3/t14-/m0/s1. The van der Waals surface area contributed by atoms with E-state index in [-0.39, 0.29) is 5.82 Å². The smallest absolute Gasteiger partial charge is 0.126 e. The van der Waals surface area contributed by atoms with Crippen molar-refractivity contribution in [3.8, 4) is 0 Å². The van der Waals surface area contributed by atoms with Crippen LogP contribution in [0.15, 0.2) is 12.1 Å². The van der Waals surface area contributed by atoms with E-state index in [0.717, 1.165) is 25.3 Å². The zero-order valence-electron chi connectivity index (χ0n) is 14.2. The first-order chi connectivity index (χ1) is 9.72. The van der Waals surface area contributed by atoms with E-state index >= 15 is 0 Å². The van der Waals surface area contributed by atoms with E-state index in [1.807, 2.05) is 20.2 Å². The minimum atomic E-state index is -0.677. The molecule has 0 aliphatic heterocycles. The fourth-order valence-corrected chi connectivity index (χ4v) is 2.36. The molecule has 0 saturated carbocycles. The maximum atomic E-state index is 13.8. The van der Waals surface area contributed by atoms with E-state index in [1.165, 1.54) is 6.07 Å². The molecule has 21 heavy (non-hydrogen) atoms. The molecule has 0 fully saturated rings. The van der Waals surface area contributed by atoms with Crippen LogP contribution in [-0.4, -0.2) is 43.7 Å². The maximum absolute atomic E-state index is 13.8. The predicted octanol–water partition coefficient (Wildman–Crippen LogP) is 3.21. The van der Waals surface area contributed by atoms with Crippen molar-refractivity contribution in [2.75, 3.05) is 38.6 Å². The Morgan fingerprint density at radius 2 is 1.76 bits per heavy atom. The summed E-state index contributed by atoms with van der Waals surface area (Å²) in [6, 6.07) is 3.33. The number of hydrogen-bond donors (Lipinski definition) is 1. The number of rotatable bonds is 7. The fourth-order valence-electron chi connectivity index (χ4n) is 2.36. The number of nitrogens with zero attached hydrogens (tertiary/aromatic N) is 2.